The maximum atomic E-state index is 14.0. The summed E-state index contributed by atoms with van der Waals surface area (Å²) in [6.45, 7) is 0.231. The Labute approximate surface area is 294 Å². The molecule has 0 aliphatic carbocycles. The van der Waals surface area contributed by atoms with Crippen molar-refractivity contribution in [2.24, 2.45) is 16.5 Å². The zero-order chi connectivity index (χ0) is 35.2. The molecule has 3 atom stereocenters. The van der Waals surface area contributed by atoms with Gasteiger partial charge >= 0.3 is 0 Å². The molecule has 49 heavy (non-hydrogen) atoms. The normalized spacial score (nSPS) is 13.1. The van der Waals surface area contributed by atoms with Gasteiger partial charge in [-0.25, -0.2) is 18.1 Å². The summed E-state index contributed by atoms with van der Waals surface area (Å²) >= 11 is 7.22. The first kappa shape index (κ1) is 37.2. The van der Waals surface area contributed by atoms with E-state index in [1.54, 1.807) is 84.2 Å². The number of nitrogens with two attached hydrogens (primary N) is 2. The number of rotatable bonds is 18. The van der Waals surface area contributed by atoms with Crippen molar-refractivity contribution in [1.82, 2.24) is 20.3 Å². The van der Waals surface area contributed by atoms with E-state index in [4.69, 9.17) is 23.1 Å². The predicted molar refractivity (Wildman–Crippen MR) is 192 cm³/mol. The number of Topliss-reactive ketones (excluding diaryl/α,β-unsaturated/α-hetero) is 1. The Hall–Kier alpha value is -4.63. The molecule has 1 aromatic heterocycles. The maximum Gasteiger partial charge on any atom is 0.243 e. The molecule has 0 saturated carbocycles. The molecule has 12 nitrogen and oxygen atoms in total. The second-order valence-electron chi connectivity index (χ2n) is 11.2. The van der Waals surface area contributed by atoms with Gasteiger partial charge < -0.3 is 22.1 Å². The van der Waals surface area contributed by atoms with Gasteiger partial charge in [0.1, 0.15) is 12.1 Å². The van der Waals surface area contributed by atoms with Crippen LogP contribution in [0.25, 0.3) is 0 Å². The molecule has 4 rings (SSSR count). The van der Waals surface area contributed by atoms with Crippen molar-refractivity contribution in [1.29, 1.82) is 0 Å². The number of guanidine groups is 1. The van der Waals surface area contributed by atoms with Gasteiger partial charge in [-0.1, -0.05) is 84.4 Å². The molecule has 0 saturated heterocycles. The van der Waals surface area contributed by atoms with Gasteiger partial charge in [0.2, 0.25) is 27.6 Å². The molecule has 3 aromatic carbocycles. The number of amides is 2. The molecule has 7 N–H and O–H groups in total. The summed E-state index contributed by atoms with van der Waals surface area (Å²) in [5.41, 5.74) is 12.8. The van der Waals surface area contributed by atoms with Crippen LogP contribution in [0, 0.1) is 0 Å². The first-order chi connectivity index (χ1) is 23.5. The van der Waals surface area contributed by atoms with Gasteiger partial charge in [-0.05, 0) is 48.1 Å². The maximum absolute atomic E-state index is 14.0. The zero-order valence-electron chi connectivity index (χ0n) is 26.5. The Bertz CT molecular complexity index is 1800. The minimum absolute atomic E-state index is 0.0198. The van der Waals surface area contributed by atoms with Crippen LogP contribution in [0.4, 0.5) is 0 Å². The first-order valence-corrected chi connectivity index (χ1v) is 18.3. The number of hydrogen-bond donors (Lipinski definition) is 5. The highest BCUT2D eigenvalue weighted by molar-refractivity contribution is 7.88. The lowest BCUT2D eigenvalue weighted by Crippen LogP contribution is -2.57. The van der Waals surface area contributed by atoms with E-state index in [0.29, 0.717) is 28.1 Å². The van der Waals surface area contributed by atoms with E-state index < -0.39 is 45.7 Å². The molecule has 1 heterocycles. The summed E-state index contributed by atoms with van der Waals surface area (Å²) in [4.78, 5) is 49.4. The molecule has 2 amide bonds. The summed E-state index contributed by atoms with van der Waals surface area (Å²) in [6.07, 6.45) is 2.10. The van der Waals surface area contributed by atoms with Crippen LogP contribution in [0.5, 0.6) is 0 Å². The number of ketones is 1. The molecule has 258 valence electrons. The van der Waals surface area contributed by atoms with Crippen LogP contribution in [0.15, 0.2) is 101 Å². The number of benzene rings is 3. The number of thiazole rings is 1. The van der Waals surface area contributed by atoms with Crippen molar-refractivity contribution in [2.45, 2.75) is 49.6 Å². The van der Waals surface area contributed by atoms with Gasteiger partial charge in [0.05, 0.1) is 11.8 Å². The molecule has 15 heteroatoms. The Morgan fingerprint density at radius 2 is 1.37 bits per heavy atom. The third-order valence-electron chi connectivity index (χ3n) is 7.33. The molecule has 0 bridgehead atoms. The minimum Gasteiger partial charge on any atom is -0.370 e. The molecule has 0 spiro atoms. The number of carbonyl (C=O) groups is 3. The summed E-state index contributed by atoms with van der Waals surface area (Å²) in [6, 6.07) is 20.8. The summed E-state index contributed by atoms with van der Waals surface area (Å²) in [5.74, 6) is -2.21. The number of aromatic nitrogens is 1. The van der Waals surface area contributed by atoms with Crippen LogP contribution in [0.1, 0.15) is 39.3 Å². The van der Waals surface area contributed by atoms with E-state index in [0.717, 1.165) is 11.3 Å². The third kappa shape index (κ3) is 12.4. The van der Waals surface area contributed by atoms with Gasteiger partial charge in [-0.3, -0.25) is 19.4 Å². The quantitative estimate of drug-likeness (QED) is 0.0447. The number of halogens is 1. The SMILES string of the molecule is NC(N)=NCCC[C@H](NC(=O)[C@H](Cc1ccc(Cl)cc1)NC(=O)[C@@H](Cc1ccccc1)NS(=O)(=O)Cc1ccccc1)C(=O)c1nccs1. The van der Waals surface area contributed by atoms with Gasteiger partial charge in [0, 0.05) is 29.6 Å². The van der Waals surface area contributed by atoms with Gasteiger partial charge in [0.25, 0.3) is 0 Å². The Kier molecular flexibility index (Phi) is 13.8. The largest absolute Gasteiger partial charge is 0.370 e. The third-order valence-corrected chi connectivity index (χ3v) is 9.72. The van der Waals surface area contributed by atoms with E-state index in [9.17, 15) is 22.8 Å². The average Bonchev–Trinajstić information content (AvgIpc) is 3.62. The van der Waals surface area contributed by atoms with Crippen molar-refractivity contribution in [2.75, 3.05) is 6.54 Å². The average molecular weight is 724 g/mol. The highest BCUT2D eigenvalue weighted by Gasteiger charge is 2.32. The summed E-state index contributed by atoms with van der Waals surface area (Å²) < 4.78 is 29.1. The number of sulfonamides is 1. The number of nitrogens with zero attached hydrogens (tertiary/aromatic N) is 2. The fraction of sp³-hybridized carbons (Fsp3) is 0.265. The molecular weight excluding hydrogens is 686 g/mol. The van der Waals surface area contributed by atoms with E-state index in [1.807, 2.05) is 6.07 Å². The number of aliphatic imine (C=N–C) groups is 1. The van der Waals surface area contributed by atoms with Crippen molar-refractivity contribution in [3.05, 3.63) is 123 Å². The molecule has 0 aliphatic rings. The standard InChI is InChI=1S/C34H38ClN7O5S2/c35-26-15-13-24(14-16-26)20-28(31(44)40-27(12-7-17-39-34(36)37)30(43)33-38-18-19-48-33)41-32(45)29(21-23-8-3-1-4-9-23)42-49(46,47)22-25-10-5-2-6-11-25/h1-6,8-11,13-16,18-19,27-29,42H,7,12,17,20-22H2,(H,40,44)(H,41,45)(H4,36,37,39)/t27-,28-,29+/m0/s1. The Morgan fingerprint density at radius 1 is 0.796 bits per heavy atom. The van der Waals surface area contributed by atoms with Crippen LogP contribution in [-0.4, -0.2) is 61.6 Å². The van der Waals surface area contributed by atoms with Gasteiger partial charge in [0.15, 0.2) is 11.0 Å². The fourth-order valence-corrected chi connectivity index (χ4v) is 7.06. The van der Waals surface area contributed by atoms with Crippen LogP contribution in [-0.2, 0) is 38.2 Å². The predicted octanol–water partition coefficient (Wildman–Crippen LogP) is 2.98. The first-order valence-electron chi connectivity index (χ1n) is 15.4. The lowest BCUT2D eigenvalue weighted by Gasteiger charge is -2.25. The number of hydrogen-bond acceptors (Lipinski definition) is 8. The van der Waals surface area contributed by atoms with E-state index in [2.05, 4.69) is 25.3 Å². The highest BCUT2D eigenvalue weighted by Crippen LogP contribution is 2.15. The van der Waals surface area contributed by atoms with Crippen LogP contribution in [0.3, 0.4) is 0 Å². The molecule has 0 aliphatic heterocycles. The van der Waals surface area contributed by atoms with Crippen molar-refractivity contribution in [3.8, 4) is 0 Å². The smallest absolute Gasteiger partial charge is 0.243 e. The number of carbonyl (C=O) groups excluding carboxylic acids is 3. The highest BCUT2D eigenvalue weighted by atomic mass is 35.5. The van der Waals surface area contributed by atoms with Crippen LogP contribution in [0.2, 0.25) is 5.02 Å². The lowest BCUT2D eigenvalue weighted by molar-refractivity contribution is -0.130. The topological polar surface area (TPSA) is 199 Å². The number of nitrogens with one attached hydrogen (secondary N) is 3. The Balaban J connectivity index is 1.60. The molecule has 0 fully saturated rings. The van der Waals surface area contributed by atoms with Crippen LogP contribution < -0.4 is 26.8 Å². The summed E-state index contributed by atoms with van der Waals surface area (Å²) in [5, 5.41) is 7.89. The second-order valence-corrected chi connectivity index (χ2v) is 14.3. The second kappa shape index (κ2) is 18.2. The van der Waals surface area contributed by atoms with Crippen molar-refractivity contribution in [3.63, 3.8) is 0 Å². The minimum atomic E-state index is -4.00. The summed E-state index contributed by atoms with van der Waals surface area (Å²) in [7, 11) is -4.00. The van der Waals surface area contributed by atoms with Crippen molar-refractivity contribution >= 4 is 56.5 Å². The fourth-order valence-electron chi connectivity index (χ4n) is 4.97. The van der Waals surface area contributed by atoms with Crippen LogP contribution >= 0.6 is 22.9 Å². The van der Waals surface area contributed by atoms with E-state index in [1.165, 1.54) is 6.20 Å². The Morgan fingerprint density at radius 3 is 1.98 bits per heavy atom. The van der Waals surface area contributed by atoms with Gasteiger partial charge in [-0.2, -0.15) is 0 Å². The van der Waals surface area contributed by atoms with E-state index >= 15 is 0 Å². The monoisotopic (exact) mass is 723 g/mol. The van der Waals surface area contributed by atoms with Gasteiger partial charge in [-0.15, -0.1) is 11.3 Å². The molecular formula is C34H38ClN7O5S2. The lowest BCUT2D eigenvalue weighted by atomic mass is 10.0. The molecule has 4 aromatic rings. The van der Waals surface area contributed by atoms with Crippen molar-refractivity contribution < 1.29 is 22.8 Å². The van der Waals surface area contributed by atoms with E-state index in [-0.39, 0.29) is 42.5 Å². The molecule has 0 unspecified atom stereocenters. The molecule has 0 radical (unpaired) electrons. The zero-order valence-corrected chi connectivity index (χ0v) is 28.9.